The highest BCUT2D eigenvalue weighted by Crippen LogP contribution is 2.30. The minimum absolute atomic E-state index is 0.175. The van der Waals surface area contributed by atoms with Gasteiger partial charge in [0.1, 0.15) is 12.4 Å². The molecule has 3 heteroatoms. The summed E-state index contributed by atoms with van der Waals surface area (Å²) in [5.74, 6) is 0.904. The second kappa shape index (κ2) is 6.03. The van der Waals surface area contributed by atoms with Gasteiger partial charge in [0.25, 0.3) is 0 Å². The van der Waals surface area contributed by atoms with Gasteiger partial charge in [0, 0.05) is 12.6 Å². The SMILES string of the molecule is CCOCCOc1ccc2c(c1)[C@H](N)CCC2. The van der Waals surface area contributed by atoms with Crippen LogP contribution in [-0.2, 0) is 11.2 Å². The van der Waals surface area contributed by atoms with E-state index in [1.54, 1.807) is 0 Å². The summed E-state index contributed by atoms with van der Waals surface area (Å²) in [6.45, 7) is 3.96. The average Bonchev–Trinajstić information content (AvgIpc) is 2.36. The number of ether oxygens (including phenoxy) is 2. The van der Waals surface area contributed by atoms with Gasteiger partial charge in [0.2, 0.25) is 0 Å². The monoisotopic (exact) mass is 235 g/mol. The molecule has 0 unspecified atom stereocenters. The number of aryl methyl sites for hydroxylation is 1. The van der Waals surface area contributed by atoms with Gasteiger partial charge in [-0.3, -0.25) is 0 Å². The zero-order chi connectivity index (χ0) is 12.1. The van der Waals surface area contributed by atoms with Gasteiger partial charge in [-0.1, -0.05) is 6.07 Å². The molecule has 3 nitrogen and oxygen atoms in total. The Morgan fingerprint density at radius 1 is 1.35 bits per heavy atom. The lowest BCUT2D eigenvalue weighted by molar-refractivity contribution is 0.110. The van der Waals surface area contributed by atoms with Gasteiger partial charge >= 0.3 is 0 Å². The number of hydrogen-bond donors (Lipinski definition) is 1. The van der Waals surface area contributed by atoms with Crippen LogP contribution < -0.4 is 10.5 Å². The second-order valence-electron chi connectivity index (χ2n) is 4.40. The van der Waals surface area contributed by atoms with Crippen LogP contribution in [0.15, 0.2) is 18.2 Å². The minimum Gasteiger partial charge on any atom is -0.491 e. The topological polar surface area (TPSA) is 44.5 Å². The third-order valence-corrected chi connectivity index (χ3v) is 3.18. The Morgan fingerprint density at radius 2 is 2.24 bits per heavy atom. The Hall–Kier alpha value is -1.06. The van der Waals surface area contributed by atoms with Crippen molar-refractivity contribution in [2.45, 2.75) is 32.2 Å². The first kappa shape index (κ1) is 12.4. The fourth-order valence-electron chi connectivity index (χ4n) is 2.27. The van der Waals surface area contributed by atoms with Gasteiger partial charge in [-0.25, -0.2) is 0 Å². The number of rotatable bonds is 5. The molecule has 0 spiro atoms. The highest BCUT2D eigenvalue weighted by Gasteiger charge is 2.17. The van der Waals surface area contributed by atoms with Crippen molar-refractivity contribution in [2.75, 3.05) is 19.8 Å². The molecular formula is C14H21NO2. The molecule has 1 aliphatic carbocycles. The quantitative estimate of drug-likeness (QED) is 0.797. The molecule has 0 aromatic heterocycles. The summed E-state index contributed by atoms with van der Waals surface area (Å²) >= 11 is 0. The highest BCUT2D eigenvalue weighted by atomic mass is 16.5. The smallest absolute Gasteiger partial charge is 0.119 e. The van der Waals surface area contributed by atoms with Crippen LogP contribution in [0, 0.1) is 0 Å². The van der Waals surface area contributed by atoms with Gasteiger partial charge < -0.3 is 15.2 Å². The predicted octanol–water partition coefficient (Wildman–Crippen LogP) is 2.44. The maximum absolute atomic E-state index is 6.11. The van der Waals surface area contributed by atoms with Crippen molar-refractivity contribution in [1.29, 1.82) is 0 Å². The van der Waals surface area contributed by atoms with Crippen molar-refractivity contribution in [2.24, 2.45) is 5.73 Å². The highest BCUT2D eigenvalue weighted by molar-refractivity contribution is 5.39. The molecule has 0 amide bonds. The normalized spacial score (nSPS) is 18.8. The van der Waals surface area contributed by atoms with Crippen molar-refractivity contribution in [3.8, 4) is 5.75 Å². The van der Waals surface area contributed by atoms with Crippen LogP contribution in [0.25, 0.3) is 0 Å². The van der Waals surface area contributed by atoms with E-state index < -0.39 is 0 Å². The van der Waals surface area contributed by atoms with Crippen LogP contribution in [0.4, 0.5) is 0 Å². The van der Waals surface area contributed by atoms with Crippen LogP contribution in [0.5, 0.6) is 5.75 Å². The minimum atomic E-state index is 0.175. The van der Waals surface area contributed by atoms with Gasteiger partial charge in [0.15, 0.2) is 0 Å². The van der Waals surface area contributed by atoms with E-state index in [4.69, 9.17) is 15.2 Å². The van der Waals surface area contributed by atoms with Crippen LogP contribution in [0.1, 0.15) is 36.9 Å². The summed E-state index contributed by atoms with van der Waals surface area (Å²) < 4.78 is 10.9. The van der Waals surface area contributed by atoms with Crippen LogP contribution in [0.2, 0.25) is 0 Å². The molecule has 0 saturated carbocycles. The third-order valence-electron chi connectivity index (χ3n) is 3.18. The average molecular weight is 235 g/mol. The molecule has 17 heavy (non-hydrogen) atoms. The van der Waals surface area contributed by atoms with E-state index in [9.17, 15) is 0 Å². The largest absolute Gasteiger partial charge is 0.491 e. The van der Waals surface area contributed by atoms with Crippen LogP contribution in [-0.4, -0.2) is 19.8 Å². The summed E-state index contributed by atoms with van der Waals surface area (Å²) in [5, 5.41) is 0. The van der Waals surface area contributed by atoms with Gasteiger partial charge in [-0.15, -0.1) is 0 Å². The van der Waals surface area contributed by atoms with E-state index in [-0.39, 0.29) is 6.04 Å². The molecule has 0 heterocycles. The van der Waals surface area contributed by atoms with Gasteiger partial charge in [-0.2, -0.15) is 0 Å². The molecule has 94 valence electrons. The standard InChI is InChI=1S/C14H21NO2/c1-2-16-8-9-17-12-7-6-11-4-3-5-14(15)13(11)10-12/h6-7,10,14H,2-5,8-9,15H2,1H3/t14-/m1/s1. The Kier molecular flexibility index (Phi) is 4.40. The van der Waals surface area contributed by atoms with E-state index >= 15 is 0 Å². The van der Waals surface area contributed by atoms with Crippen LogP contribution >= 0.6 is 0 Å². The molecule has 1 atom stereocenters. The number of nitrogens with two attached hydrogens (primary N) is 1. The van der Waals surface area contributed by atoms with E-state index in [0.29, 0.717) is 13.2 Å². The molecule has 0 aliphatic heterocycles. The molecule has 1 aromatic carbocycles. The Balaban J connectivity index is 1.97. The Labute approximate surface area is 103 Å². The summed E-state index contributed by atoms with van der Waals surface area (Å²) in [7, 11) is 0. The zero-order valence-corrected chi connectivity index (χ0v) is 10.4. The molecule has 1 aromatic rings. The first-order valence-electron chi connectivity index (χ1n) is 6.40. The third kappa shape index (κ3) is 3.20. The van der Waals surface area contributed by atoms with Crippen molar-refractivity contribution in [3.05, 3.63) is 29.3 Å². The first-order chi connectivity index (χ1) is 8.31. The van der Waals surface area contributed by atoms with Crippen molar-refractivity contribution in [3.63, 3.8) is 0 Å². The lowest BCUT2D eigenvalue weighted by Crippen LogP contribution is -2.17. The summed E-state index contributed by atoms with van der Waals surface area (Å²) in [6.07, 6.45) is 3.41. The molecule has 2 N–H and O–H groups in total. The Morgan fingerprint density at radius 3 is 3.06 bits per heavy atom. The van der Waals surface area contributed by atoms with Crippen molar-refractivity contribution in [1.82, 2.24) is 0 Å². The van der Waals surface area contributed by atoms with E-state index in [1.807, 2.05) is 13.0 Å². The van der Waals surface area contributed by atoms with Gasteiger partial charge in [0.05, 0.1) is 6.61 Å². The lowest BCUT2D eigenvalue weighted by Gasteiger charge is -2.22. The summed E-state index contributed by atoms with van der Waals surface area (Å²) in [5.41, 5.74) is 8.74. The van der Waals surface area contributed by atoms with Crippen molar-refractivity contribution < 1.29 is 9.47 Å². The first-order valence-corrected chi connectivity index (χ1v) is 6.40. The molecule has 2 rings (SSSR count). The van der Waals surface area contributed by atoms with Crippen molar-refractivity contribution >= 4 is 0 Å². The predicted molar refractivity (Wildman–Crippen MR) is 68.3 cm³/mol. The number of benzene rings is 1. The zero-order valence-electron chi connectivity index (χ0n) is 10.4. The Bertz CT molecular complexity index is 365. The fourth-order valence-corrected chi connectivity index (χ4v) is 2.27. The molecule has 0 radical (unpaired) electrons. The molecule has 0 saturated heterocycles. The molecular weight excluding hydrogens is 214 g/mol. The molecule has 0 bridgehead atoms. The number of fused-ring (bicyclic) bond motifs is 1. The summed E-state index contributed by atoms with van der Waals surface area (Å²) in [6, 6.07) is 6.44. The maximum atomic E-state index is 6.11. The molecule has 1 aliphatic rings. The van der Waals surface area contributed by atoms with E-state index in [0.717, 1.165) is 25.2 Å². The van der Waals surface area contributed by atoms with Gasteiger partial charge in [-0.05, 0) is 49.4 Å². The van der Waals surface area contributed by atoms with E-state index in [2.05, 4.69) is 12.1 Å². The summed E-state index contributed by atoms with van der Waals surface area (Å²) in [4.78, 5) is 0. The number of hydrogen-bond acceptors (Lipinski definition) is 3. The van der Waals surface area contributed by atoms with Crippen LogP contribution in [0.3, 0.4) is 0 Å². The second-order valence-corrected chi connectivity index (χ2v) is 4.40. The maximum Gasteiger partial charge on any atom is 0.119 e. The molecule has 0 fully saturated rings. The lowest BCUT2D eigenvalue weighted by atomic mass is 9.88. The van der Waals surface area contributed by atoms with E-state index in [1.165, 1.54) is 17.5 Å². The fraction of sp³-hybridized carbons (Fsp3) is 0.571.